The second kappa shape index (κ2) is 6.60. The van der Waals surface area contributed by atoms with E-state index in [9.17, 15) is 0 Å². The highest BCUT2D eigenvalue weighted by Crippen LogP contribution is 2.22. The standard InChI is InChI=1S/C10H24N2O2Si/c1-10-8-13-15(2,14-9-10)7-3-5-12-6-4-11/h10,12H,3-9,11H2,1-2H3. The van der Waals surface area contributed by atoms with Crippen LogP contribution in [0.4, 0.5) is 0 Å². The lowest BCUT2D eigenvalue weighted by Crippen LogP contribution is -2.46. The van der Waals surface area contributed by atoms with Gasteiger partial charge in [0.2, 0.25) is 0 Å². The summed E-state index contributed by atoms with van der Waals surface area (Å²) in [6.07, 6.45) is 1.12. The molecular weight excluding hydrogens is 208 g/mol. The summed E-state index contributed by atoms with van der Waals surface area (Å²) in [6.45, 7) is 8.70. The quantitative estimate of drug-likeness (QED) is 0.522. The molecule has 1 saturated heterocycles. The molecule has 0 aromatic carbocycles. The Morgan fingerprint density at radius 1 is 1.33 bits per heavy atom. The van der Waals surface area contributed by atoms with E-state index in [1.807, 2.05) is 0 Å². The van der Waals surface area contributed by atoms with Crippen molar-refractivity contribution in [3.05, 3.63) is 0 Å². The van der Waals surface area contributed by atoms with Crippen LogP contribution in [-0.4, -0.2) is 41.4 Å². The lowest BCUT2D eigenvalue weighted by molar-refractivity contribution is 0.0699. The Morgan fingerprint density at radius 3 is 2.60 bits per heavy atom. The van der Waals surface area contributed by atoms with E-state index in [0.717, 1.165) is 38.8 Å². The van der Waals surface area contributed by atoms with E-state index in [1.165, 1.54) is 0 Å². The fourth-order valence-electron chi connectivity index (χ4n) is 1.63. The Balaban J connectivity index is 2.08. The molecule has 0 aromatic heterocycles. The van der Waals surface area contributed by atoms with Crippen LogP contribution in [0.25, 0.3) is 0 Å². The predicted molar refractivity (Wildman–Crippen MR) is 64.0 cm³/mol. The number of nitrogens with one attached hydrogen (secondary N) is 1. The third-order valence-electron chi connectivity index (χ3n) is 2.65. The molecule has 1 fully saturated rings. The molecule has 15 heavy (non-hydrogen) atoms. The van der Waals surface area contributed by atoms with Gasteiger partial charge >= 0.3 is 8.56 Å². The lowest BCUT2D eigenvalue weighted by atomic mass is 10.2. The summed E-state index contributed by atoms with van der Waals surface area (Å²) >= 11 is 0. The highest BCUT2D eigenvalue weighted by atomic mass is 28.4. The molecule has 1 aliphatic heterocycles. The van der Waals surface area contributed by atoms with Crippen molar-refractivity contribution >= 4 is 8.56 Å². The van der Waals surface area contributed by atoms with Gasteiger partial charge in [0, 0.05) is 32.2 Å². The minimum Gasteiger partial charge on any atom is -0.394 e. The highest BCUT2D eigenvalue weighted by molar-refractivity contribution is 6.66. The molecular formula is C10H24N2O2Si. The third kappa shape index (κ3) is 5.08. The fourth-order valence-corrected chi connectivity index (χ4v) is 4.10. The molecule has 0 saturated carbocycles. The first-order valence-electron chi connectivity index (χ1n) is 5.85. The Hall–Kier alpha value is 0.0569. The van der Waals surface area contributed by atoms with Gasteiger partial charge in [-0.05, 0) is 25.6 Å². The molecule has 90 valence electrons. The minimum atomic E-state index is -1.81. The number of hydrogen-bond donors (Lipinski definition) is 2. The Labute approximate surface area is 93.8 Å². The zero-order valence-electron chi connectivity index (χ0n) is 9.92. The molecule has 3 N–H and O–H groups in total. The van der Waals surface area contributed by atoms with E-state index in [2.05, 4.69) is 18.8 Å². The van der Waals surface area contributed by atoms with Crippen LogP contribution in [0.1, 0.15) is 13.3 Å². The summed E-state index contributed by atoms with van der Waals surface area (Å²) in [4.78, 5) is 0. The van der Waals surface area contributed by atoms with Gasteiger partial charge in [0.05, 0.1) is 0 Å². The zero-order valence-corrected chi connectivity index (χ0v) is 10.9. The topological polar surface area (TPSA) is 56.5 Å². The van der Waals surface area contributed by atoms with Gasteiger partial charge in [-0.2, -0.15) is 0 Å². The predicted octanol–water partition coefficient (Wildman–Crippen LogP) is 0.680. The lowest BCUT2D eigenvalue weighted by Gasteiger charge is -2.34. The first kappa shape index (κ1) is 13.1. The van der Waals surface area contributed by atoms with E-state index in [0.29, 0.717) is 12.5 Å². The van der Waals surface area contributed by atoms with Gasteiger partial charge in [-0.25, -0.2) is 0 Å². The molecule has 0 atom stereocenters. The maximum Gasteiger partial charge on any atom is 0.334 e. The molecule has 1 aliphatic rings. The second-order valence-electron chi connectivity index (χ2n) is 4.50. The van der Waals surface area contributed by atoms with Crippen LogP contribution in [0.3, 0.4) is 0 Å². The van der Waals surface area contributed by atoms with Crippen molar-refractivity contribution < 1.29 is 8.85 Å². The maximum atomic E-state index is 5.85. The number of rotatable bonds is 6. The normalized spacial score (nSPS) is 31.8. The molecule has 0 spiro atoms. The average Bonchev–Trinajstić information content (AvgIpc) is 2.23. The Kier molecular flexibility index (Phi) is 5.77. The van der Waals surface area contributed by atoms with Crippen LogP contribution in [0.2, 0.25) is 12.6 Å². The minimum absolute atomic E-state index is 0.556. The molecule has 1 heterocycles. The van der Waals surface area contributed by atoms with Crippen molar-refractivity contribution in [3.8, 4) is 0 Å². The molecule has 5 heteroatoms. The van der Waals surface area contributed by atoms with Gasteiger partial charge in [-0.3, -0.25) is 0 Å². The van der Waals surface area contributed by atoms with Crippen LogP contribution in [0.5, 0.6) is 0 Å². The first-order valence-corrected chi connectivity index (χ1v) is 8.37. The summed E-state index contributed by atoms with van der Waals surface area (Å²) in [7, 11) is -1.81. The van der Waals surface area contributed by atoms with Crippen molar-refractivity contribution in [3.63, 3.8) is 0 Å². The fraction of sp³-hybridized carbons (Fsp3) is 1.00. The largest absolute Gasteiger partial charge is 0.394 e. The Morgan fingerprint density at radius 2 is 2.00 bits per heavy atom. The SMILES string of the molecule is CC1CO[Si](C)(CCCNCCN)OC1. The van der Waals surface area contributed by atoms with Crippen LogP contribution in [-0.2, 0) is 8.85 Å². The molecule has 0 unspecified atom stereocenters. The molecule has 0 radical (unpaired) electrons. The number of nitrogens with two attached hydrogens (primary N) is 1. The second-order valence-corrected chi connectivity index (χ2v) is 7.85. The van der Waals surface area contributed by atoms with Gasteiger partial charge in [0.25, 0.3) is 0 Å². The summed E-state index contributed by atoms with van der Waals surface area (Å²) in [5, 5.41) is 3.29. The van der Waals surface area contributed by atoms with Gasteiger partial charge in [0.1, 0.15) is 0 Å². The first-order chi connectivity index (χ1) is 7.16. The summed E-state index contributed by atoms with van der Waals surface area (Å²) in [5.41, 5.74) is 5.39. The van der Waals surface area contributed by atoms with Gasteiger partial charge in [-0.1, -0.05) is 6.92 Å². The van der Waals surface area contributed by atoms with Crippen molar-refractivity contribution in [2.75, 3.05) is 32.8 Å². The molecule has 4 nitrogen and oxygen atoms in total. The van der Waals surface area contributed by atoms with Gasteiger partial charge < -0.3 is 19.9 Å². The third-order valence-corrected chi connectivity index (χ3v) is 5.47. The maximum absolute atomic E-state index is 5.85. The van der Waals surface area contributed by atoms with E-state index < -0.39 is 8.56 Å². The summed E-state index contributed by atoms with van der Waals surface area (Å²) < 4.78 is 11.7. The molecule has 0 aliphatic carbocycles. The zero-order chi connectivity index (χ0) is 11.1. The molecule has 0 amide bonds. The van der Waals surface area contributed by atoms with Gasteiger partial charge in [0.15, 0.2) is 0 Å². The average molecular weight is 232 g/mol. The van der Waals surface area contributed by atoms with Crippen molar-refractivity contribution in [2.24, 2.45) is 11.7 Å². The summed E-state index contributed by atoms with van der Waals surface area (Å²) in [6, 6.07) is 1.08. The molecule has 0 bridgehead atoms. The van der Waals surface area contributed by atoms with Crippen molar-refractivity contribution in [1.29, 1.82) is 0 Å². The summed E-state index contributed by atoms with van der Waals surface area (Å²) in [5.74, 6) is 0.556. The van der Waals surface area contributed by atoms with Crippen LogP contribution < -0.4 is 11.1 Å². The smallest absolute Gasteiger partial charge is 0.334 e. The van der Waals surface area contributed by atoms with E-state index in [-0.39, 0.29) is 0 Å². The molecule has 1 rings (SSSR count). The van der Waals surface area contributed by atoms with Gasteiger partial charge in [-0.15, -0.1) is 0 Å². The van der Waals surface area contributed by atoms with E-state index in [1.54, 1.807) is 0 Å². The van der Waals surface area contributed by atoms with Crippen molar-refractivity contribution in [1.82, 2.24) is 5.32 Å². The van der Waals surface area contributed by atoms with E-state index >= 15 is 0 Å². The van der Waals surface area contributed by atoms with Crippen LogP contribution >= 0.6 is 0 Å². The van der Waals surface area contributed by atoms with E-state index in [4.69, 9.17) is 14.6 Å². The van der Waals surface area contributed by atoms with Crippen LogP contribution in [0, 0.1) is 5.92 Å². The monoisotopic (exact) mass is 232 g/mol. The number of hydrogen-bond acceptors (Lipinski definition) is 4. The molecule has 0 aromatic rings. The highest BCUT2D eigenvalue weighted by Gasteiger charge is 2.35. The van der Waals surface area contributed by atoms with Crippen LogP contribution in [0.15, 0.2) is 0 Å². The van der Waals surface area contributed by atoms with Crippen molar-refractivity contribution in [2.45, 2.75) is 25.9 Å². The Bertz CT molecular complexity index is 173.